The van der Waals surface area contributed by atoms with E-state index in [4.69, 9.17) is 5.11 Å². The van der Waals surface area contributed by atoms with Crippen LogP contribution in [-0.2, 0) is 16.1 Å². The minimum atomic E-state index is -1.05. The Morgan fingerprint density at radius 1 is 1.35 bits per heavy atom. The van der Waals surface area contributed by atoms with Gasteiger partial charge in [0.15, 0.2) is 5.82 Å². The van der Waals surface area contributed by atoms with E-state index in [2.05, 4.69) is 10.4 Å². The van der Waals surface area contributed by atoms with E-state index in [1.54, 1.807) is 0 Å². The molecule has 1 aromatic heterocycles. The second-order valence-corrected chi connectivity index (χ2v) is 5.40. The van der Waals surface area contributed by atoms with Crippen molar-refractivity contribution in [2.24, 2.45) is 5.92 Å². The number of nitrogens with zero attached hydrogens (tertiary/aromatic N) is 2. The van der Waals surface area contributed by atoms with Crippen LogP contribution in [0.5, 0.6) is 0 Å². The maximum absolute atomic E-state index is 13.7. The summed E-state index contributed by atoms with van der Waals surface area (Å²) in [6, 6.07) is 4.66. The van der Waals surface area contributed by atoms with Crippen molar-refractivity contribution in [3.63, 3.8) is 0 Å². The van der Waals surface area contributed by atoms with E-state index in [9.17, 15) is 18.4 Å². The molecule has 1 saturated carbocycles. The van der Waals surface area contributed by atoms with E-state index in [1.165, 1.54) is 16.9 Å². The fourth-order valence-electron chi connectivity index (χ4n) is 2.50. The smallest absolute Gasteiger partial charge is 0.325 e. The summed E-state index contributed by atoms with van der Waals surface area (Å²) in [5, 5.41) is 15.1. The summed E-state index contributed by atoms with van der Waals surface area (Å²) in [5.74, 6) is -3.05. The number of carboxylic acid groups (broad SMARTS) is 1. The molecule has 0 radical (unpaired) electrons. The standard InChI is InChI=1S/C15H13F2N3O3/c16-8-1-2-12(17)10(5-8)9-6-11(9)15(23)18-13-3-4-20(19-13)7-14(21)22/h1-5,9,11H,6-7H2,(H,21,22)(H,18,19,23)/t9-,11-/m0/s1. The number of hydrogen-bond donors (Lipinski definition) is 2. The third-order valence-corrected chi connectivity index (χ3v) is 3.67. The average molecular weight is 321 g/mol. The third-order valence-electron chi connectivity index (χ3n) is 3.67. The molecule has 0 bridgehead atoms. The molecule has 1 aliphatic rings. The van der Waals surface area contributed by atoms with Crippen molar-refractivity contribution >= 4 is 17.7 Å². The lowest BCUT2D eigenvalue weighted by Crippen LogP contribution is -2.16. The predicted octanol–water partition coefficient (Wildman–Crippen LogP) is 1.99. The largest absolute Gasteiger partial charge is 0.480 e. The molecule has 23 heavy (non-hydrogen) atoms. The van der Waals surface area contributed by atoms with Crippen LogP contribution >= 0.6 is 0 Å². The van der Waals surface area contributed by atoms with E-state index in [-0.39, 0.29) is 29.8 Å². The number of benzene rings is 1. The Labute approximate surface area is 129 Å². The number of aliphatic carboxylic acids is 1. The molecule has 2 atom stereocenters. The molecule has 120 valence electrons. The maximum atomic E-state index is 13.7. The highest BCUT2D eigenvalue weighted by Gasteiger charge is 2.45. The highest BCUT2D eigenvalue weighted by molar-refractivity contribution is 5.94. The number of carbonyl (C=O) groups excluding carboxylic acids is 1. The molecule has 8 heteroatoms. The number of rotatable bonds is 5. The average Bonchev–Trinajstić information content (AvgIpc) is 3.17. The number of halogens is 2. The monoisotopic (exact) mass is 321 g/mol. The van der Waals surface area contributed by atoms with Crippen LogP contribution < -0.4 is 5.32 Å². The first kappa shape index (κ1) is 15.1. The molecule has 0 saturated heterocycles. The molecular formula is C15H13F2N3O3. The van der Waals surface area contributed by atoms with Gasteiger partial charge in [0.1, 0.15) is 18.2 Å². The normalized spacial score (nSPS) is 19.4. The van der Waals surface area contributed by atoms with E-state index in [0.29, 0.717) is 6.42 Å². The topological polar surface area (TPSA) is 84.2 Å². The van der Waals surface area contributed by atoms with Crippen LogP contribution in [0.2, 0.25) is 0 Å². The van der Waals surface area contributed by atoms with Crippen LogP contribution in [-0.4, -0.2) is 26.8 Å². The van der Waals surface area contributed by atoms with E-state index in [0.717, 1.165) is 18.2 Å². The second-order valence-electron chi connectivity index (χ2n) is 5.40. The number of carbonyl (C=O) groups is 2. The van der Waals surface area contributed by atoms with Crippen LogP contribution in [0.25, 0.3) is 0 Å². The Morgan fingerprint density at radius 3 is 2.87 bits per heavy atom. The number of aromatic nitrogens is 2. The first-order valence-corrected chi connectivity index (χ1v) is 6.95. The van der Waals surface area contributed by atoms with Crippen molar-refractivity contribution in [2.75, 3.05) is 5.32 Å². The minimum absolute atomic E-state index is 0.196. The molecule has 0 aliphatic heterocycles. The summed E-state index contributed by atoms with van der Waals surface area (Å²) >= 11 is 0. The molecule has 1 aliphatic carbocycles. The fourth-order valence-corrected chi connectivity index (χ4v) is 2.50. The lowest BCUT2D eigenvalue weighted by molar-refractivity contribution is -0.137. The molecule has 1 fully saturated rings. The predicted molar refractivity (Wildman–Crippen MR) is 75.7 cm³/mol. The van der Waals surface area contributed by atoms with Gasteiger partial charge >= 0.3 is 5.97 Å². The van der Waals surface area contributed by atoms with Gasteiger partial charge in [0.05, 0.1) is 0 Å². The minimum Gasteiger partial charge on any atom is -0.480 e. The first-order chi connectivity index (χ1) is 10.9. The molecule has 0 unspecified atom stereocenters. The Balaban J connectivity index is 1.63. The zero-order chi connectivity index (χ0) is 16.6. The summed E-state index contributed by atoms with van der Waals surface area (Å²) in [7, 11) is 0. The van der Waals surface area contributed by atoms with Crippen molar-refractivity contribution in [3.05, 3.63) is 47.7 Å². The zero-order valence-corrected chi connectivity index (χ0v) is 11.9. The lowest BCUT2D eigenvalue weighted by Gasteiger charge is -2.04. The first-order valence-electron chi connectivity index (χ1n) is 6.95. The Hall–Kier alpha value is -2.77. The molecule has 6 nitrogen and oxygen atoms in total. The van der Waals surface area contributed by atoms with E-state index < -0.39 is 23.5 Å². The van der Waals surface area contributed by atoms with Gasteiger partial charge in [0.2, 0.25) is 5.91 Å². The van der Waals surface area contributed by atoms with Gasteiger partial charge in [-0.25, -0.2) is 8.78 Å². The number of anilines is 1. The van der Waals surface area contributed by atoms with Gasteiger partial charge in [-0.2, -0.15) is 5.10 Å². The van der Waals surface area contributed by atoms with Crippen molar-refractivity contribution in [3.8, 4) is 0 Å². The van der Waals surface area contributed by atoms with Gasteiger partial charge in [0, 0.05) is 18.2 Å². The maximum Gasteiger partial charge on any atom is 0.325 e. The van der Waals surface area contributed by atoms with Gasteiger partial charge in [-0.15, -0.1) is 0 Å². The highest BCUT2D eigenvalue weighted by Crippen LogP contribution is 2.48. The van der Waals surface area contributed by atoms with E-state index >= 15 is 0 Å². The third kappa shape index (κ3) is 3.36. The van der Waals surface area contributed by atoms with Gasteiger partial charge in [-0.1, -0.05) is 0 Å². The molecule has 2 aromatic rings. The fraction of sp³-hybridized carbons (Fsp3) is 0.267. The number of amides is 1. The Morgan fingerprint density at radius 2 is 2.13 bits per heavy atom. The Kier molecular flexibility index (Phi) is 3.81. The van der Waals surface area contributed by atoms with Crippen LogP contribution in [0.4, 0.5) is 14.6 Å². The molecule has 3 rings (SSSR count). The number of nitrogens with one attached hydrogen (secondary N) is 1. The summed E-state index contributed by atoms with van der Waals surface area (Å²) in [4.78, 5) is 22.7. The molecular weight excluding hydrogens is 308 g/mol. The van der Waals surface area contributed by atoms with Crippen molar-refractivity contribution in [1.82, 2.24) is 9.78 Å². The zero-order valence-electron chi connectivity index (χ0n) is 11.9. The van der Waals surface area contributed by atoms with Crippen LogP contribution in [0.1, 0.15) is 17.9 Å². The quantitative estimate of drug-likeness (QED) is 0.882. The lowest BCUT2D eigenvalue weighted by atomic mass is 10.1. The van der Waals surface area contributed by atoms with Gasteiger partial charge in [0.25, 0.3) is 0 Å². The molecule has 0 spiro atoms. The van der Waals surface area contributed by atoms with Crippen molar-refractivity contribution in [1.29, 1.82) is 0 Å². The number of hydrogen-bond acceptors (Lipinski definition) is 3. The highest BCUT2D eigenvalue weighted by atomic mass is 19.1. The molecule has 2 N–H and O–H groups in total. The van der Waals surface area contributed by atoms with Gasteiger partial charge < -0.3 is 10.4 Å². The van der Waals surface area contributed by atoms with Crippen LogP contribution in [0.15, 0.2) is 30.5 Å². The molecule has 1 aromatic carbocycles. The second kappa shape index (κ2) is 5.79. The molecule has 1 heterocycles. The Bertz CT molecular complexity index is 775. The summed E-state index contributed by atoms with van der Waals surface area (Å²) < 4.78 is 28.0. The SMILES string of the molecule is O=C(O)Cn1ccc(NC(=O)[C@H]2C[C@H]2c2cc(F)ccc2F)n1. The van der Waals surface area contributed by atoms with Crippen molar-refractivity contribution < 1.29 is 23.5 Å². The van der Waals surface area contributed by atoms with Gasteiger partial charge in [-0.05, 0) is 36.1 Å². The summed E-state index contributed by atoms with van der Waals surface area (Å²) in [6.45, 7) is -0.309. The van der Waals surface area contributed by atoms with Crippen LogP contribution in [0, 0.1) is 17.6 Å². The molecule has 1 amide bonds. The summed E-state index contributed by atoms with van der Waals surface area (Å²) in [6.07, 6.45) is 1.86. The van der Waals surface area contributed by atoms with Crippen LogP contribution in [0.3, 0.4) is 0 Å². The van der Waals surface area contributed by atoms with Gasteiger partial charge in [-0.3, -0.25) is 14.3 Å². The summed E-state index contributed by atoms with van der Waals surface area (Å²) in [5.41, 5.74) is 0.196. The van der Waals surface area contributed by atoms with E-state index in [1.807, 2.05) is 0 Å². The number of carboxylic acids is 1. The van der Waals surface area contributed by atoms with Crippen molar-refractivity contribution in [2.45, 2.75) is 18.9 Å².